The number of likely N-dealkylation sites (tertiary alicyclic amines) is 6. The summed E-state index contributed by atoms with van der Waals surface area (Å²) < 4.78 is 0. The van der Waals surface area contributed by atoms with E-state index in [-0.39, 0.29) is 168 Å². The minimum absolute atomic E-state index is 0.0853. The Morgan fingerprint density at radius 1 is 0.232 bits per heavy atom. The molecule has 142 heavy (non-hydrogen) atoms. The maximum absolute atomic E-state index is 12.7. The molecule has 4 saturated carbocycles. The number of carbonyl (C=O) groups is 12. The van der Waals surface area contributed by atoms with Gasteiger partial charge in [-0.15, -0.1) is 0 Å². The number of rotatable bonds is 60. The lowest BCUT2D eigenvalue weighted by Crippen LogP contribution is -2.39. The van der Waals surface area contributed by atoms with Crippen molar-refractivity contribution in [1.29, 1.82) is 0 Å². The first-order valence-electron chi connectivity index (χ1n) is 59.3. The Hall–Kier alpha value is -6.72. The third-order valence-electron chi connectivity index (χ3n) is 34.4. The smallest absolute Gasteiger partial charge is 0.162 e. The second-order valence-corrected chi connectivity index (χ2v) is 44.9. The summed E-state index contributed by atoms with van der Waals surface area (Å²) in [6.07, 6.45) is 63.1. The molecule has 10 aliphatic rings. The van der Waals surface area contributed by atoms with Gasteiger partial charge in [0.25, 0.3) is 0 Å². The van der Waals surface area contributed by atoms with Crippen molar-refractivity contribution >= 4 is 69.4 Å². The van der Waals surface area contributed by atoms with Crippen LogP contribution in [0.1, 0.15) is 508 Å². The maximum Gasteiger partial charge on any atom is 0.162 e. The SMILES string of the molecule is C=C1CCCN1[C@@H](CC)C(=O)CC(=O)C1CCC(CCCC)CC1.C=C1CCCN1[C@@H](CC)C(=O)CC(=O)C1CCC(CCCC)CC1.C=C1CCCN1[C@@H](CC)C(=O)CC(=O)C1CCC(CCCC)CC1.C=C1CCCN1[C@@H](CC)C(=O)CC(=O)C1CCC(CCCC)CC1.C=C1CCCN1[C@@H](CC)C(=O)CC(=O)CCC(CC)CCCC.C=C1CCCN1[C@@H](CC)C(=O)CC(=O)CC[C@@H](CC)CCCC. The van der Waals surface area contributed by atoms with Gasteiger partial charge in [0.2, 0.25) is 0 Å². The summed E-state index contributed by atoms with van der Waals surface area (Å²) in [6.45, 7) is 59.8. The van der Waals surface area contributed by atoms with E-state index in [1.165, 1.54) is 167 Å². The van der Waals surface area contributed by atoms with Gasteiger partial charge in [-0.05, 0) is 267 Å². The summed E-state index contributed by atoms with van der Waals surface area (Å²) in [4.78, 5) is 163. The fourth-order valence-electron chi connectivity index (χ4n) is 24.9. The molecular formula is C124H210N6O12. The van der Waals surface area contributed by atoms with Crippen molar-refractivity contribution in [1.82, 2.24) is 29.4 Å². The molecule has 0 aromatic rings. The van der Waals surface area contributed by atoms with Crippen LogP contribution >= 0.6 is 0 Å². The van der Waals surface area contributed by atoms with E-state index in [1.54, 1.807) is 0 Å². The molecule has 808 valence electrons. The fraction of sp³-hybridized carbons (Fsp3) is 0.806. The van der Waals surface area contributed by atoms with Crippen LogP contribution in [0.5, 0.6) is 0 Å². The van der Waals surface area contributed by atoms with Gasteiger partial charge in [-0.25, -0.2) is 0 Å². The third-order valence-corrected chi connectivity index (χ3v) is 34.4. The molecule has 0 amide bonds. The van der Waals surface area contributed by atoms with Crippen LogP contribution < -0.4 is 0 Å². The van der Waals surface area contributed by atoms with E-state index < -0.39 is 0 Å². The molecule has 0 radical (unpaired) electrons. The van der Waals surface area contributed by atoms with E-state index in [0.717, 1.165) is 290 Å². The van der Waals surface area contributed by atoms with E-state index in [2.05, 4.69) is 124 Å². The van der Waals surface area contributed by atoms with Crippen LogP contribution in [-0.4, -0.2) is 174 Å². The van der Waals surface area contributed by atoms with Crippen LogP contribution in [-0.2, 0) is 57.5 Å². The van der Waals surface area contributed by atoms with Crippen molar-refractivity contribution in [2.75, 3.05) is 39.3 Å². The van der Waals surface area contributed by atoms with Crippen molar-refractivity contribution in [2.24, 2.45) is 59.2 Å². The fourth-order valence-corrected chi connectivity index (χ4v) is 24.9. The molecular weight excluding hydrogens is 1770 g/mol. The number of hydrogen-bond acceptors (Lipinski definition) is 18. The first-order valence-corrected chi connectivity index (χ1v) is 59.3. The van der Waals surface area contributed by atoms with Crippen molar-refractivity contribution in [3.05, 3.63) is 73.7 Å². The first kappa shape index (κ1) is 126. The highest BCUT2D eigenvalue weighted by Crippen LogP contribution is 2.40. The molecule has 18 heteroatoms. The van der Waals surface area contributed by atoms with E-state index >= 15 is 0 Å². The summed E-state index contributed by atoms with van der Waals surface area (Å²) in [5.74, 6) is 6.63. The summed E-state index contributed by atoms with van der Waals surface area (Å²) in [5, 5.41) is 0. The van der Waals surface area contributed by atoms with Crippen LogP contribution in [0, 0.1) is 59.2 Å². The zero-order chi connectivity index (χ0) is 105. The van der Waals surface area contributed by atoms with Gasteiger partial charge in [0.05, 0.1) is 74.8 Å². The van der Waals surface area contributed by atoms with E-state index in [1.807, 2.05) is 41.5 Å². The lowest BCUT2D eigenvalue weighted by atomic mass is 9.77. The molecule has 0 aromatic heterocycles. The number of nitrogens with zero attached hydrogens (tertiary/aromatic N) is 6. The Bertz CT molecular complexity index is 3450. The van der Waals surface area contributed by atoms with Crippen LogP contribution in [0.15, 0.2) is 73.7 Å². The lowest BCUT2D eigenvalue weighted by molar-refractivity contribution is -0.133. The number of Topliss-reactive ketones (excluding diaryl/α,β-unsaturated/α-hetero) is 12. The molecule has 1 unspecified atom stereocenters. The molecule has 0 spiro atoms. The van der Waals surface area contributed by atoms with Crippen molar-refractivity contribution in [3.8, 4) is 0 Å². The highest BCUT2D eigenvalue weighted by molar-refractivity contribution is 6.05. The minimum Gasteiger partial charge on any atom is -0.365 e. The predicted molar refractivity (Wildman–Crippen MR) is 588 cm³/mol. The number of carbonyl (C=O) groups excluding carboxylic acids is 12. The van der Waals surface area contributed by atoms with Crippen LogP contribution in [0.4, 0.5) is 0 Å². The Morgan fingerprint density at radius 2 is 0.408 bits per heavy atom. The predicted octanol–water partition coefficient (Wildman–Crippen LogP) is 29.4. The maximum atomic E-state index is 12.7. The van der Waals surface area contributed by atoms with Gasteiger partial charge in [0, 0.05) is 110 Å². The zero-order valence-electron chi connectivity index (χ0n) is 93.6. The van der Waals surface area contributed by atoms with Crippen molar-refractivity contribution < 1.29 is 57.5 Å². The van der Waals surface area contributed by atoms with Gasteiger partial charge in [0.1, 0.15) is 34.7 Å². The van der Waals surface area contributed by atoms with Gasteiger partial charge in [0.15, 0.2) is 34.7 Å². The Kier molecular flexibility index (Phi) is 62.9. The zero-order valence-corrected chi connectivity index (χ0v) is 93.6. The van der Waals surface area contributed by atoms with E-state index in [0.29, 0.717) is 24.7 Å². The van der Waals surface area contributed by atoms with Crippen LogP contribution in [0.2, 0.25) is 0 Å². The Balaban J connectivity index is 0.000000300. The largest absolute Gasteiger partial charge is 0.365 e. The molecule has 10 fully saturated rings. The normalized spacial score (nSPS) is 23.0. The quantitative estimate of drug-likeness (QED) is 0.0516. The van der Waals surface area contributed by atoms with Gasteiger partial charge in [-0.2, -0.15) is 0 Å². The molecule has 8 atom stereocenters. The monoisotopic (exact) mass is 1980 g/mol. The van der Waals surface area contributed by atoms with E-state index in [4.69, 9.17) is 0 Å². The summed E-state index contributed by atoms with van der Waals surface area (Å²) in [7, 11) is 0. The Morgan fingerprint density at radius 3 is 0.556 bits per heavy atom. The molecule has 10 rings (SSSR count). The summed E-state index contributed by atoms with van der Waals surface area (Å²) >= 11 is 0. The number of unbranched alkanes of at least 4 members (excludes halogenated alkanes) is 6. The molecule has 6 aliphatic heterocycles. The Labute approximate surface area is 867 Å². The third kappa shape index (κ3) is 43.6. The second-order valence-electron chi connectivity index (χ2n) is 44.9. The van der Waals surface area contributed by atoms with Gasteiger partial charge < -0.3 is 29.4 Å². The van der Waals surface area contributed by atoms with Crippen LogP contribution in [0.3, 0.4) is 0 Å². The average Bonchev–Trinajstić information content (AvgIpc) is 1.67. The molecule has 0 aromatic carbocycles. The molecule has 6 saturated heterocycles. The molecule has 6 heterocycles. The molecule has 0 N–H and O–H groups in total. The lowest BCUT2D eigenvalue weighted by Gasteiger charge is -2.30. The summed E-state index contributed by atoms with van der Waals surface area (Å²) in [6, 6.07) is -0.823. The van der Waals surface area contributed by atoms with Crippen molar-refractivity contribution in [3.63, 3.8) is 0 Å². The van der Waals surface area contributed by atoms with Gasteiger partial charge in [-0.3, -0.25) is 57.5 Å². The van der Waals surface area contributed by atoms with Crippen molar-refractivity contribution in [2.45, 2.75) is 544 Å². The summed E-state index contributed by atoms with van der Waals surface area (Å²) in [5.41, 5.74) is 6.39. The molecule has 4 aliphatic carbocycles. The minimum atomic E-state index is -0.143. The first-order chi connectivity index (χ1) is 68.3. The van der Waals surface area contributed by atoms with Gasteiger partial charge in [-0.1, -0.05) is 265 Å². The molecule has 18 nitrogen and oxygen atoms in total. The highest BCUT2D eigenvalue weighted by atomic mass is 16.2. The number of allylic oxidation sites excluding steroid dienone is 6. The standard InChI is InChI=1S/4C21H35NO2.2C20H35NO2/c4*1-4-6-9-17-10-12-18(13-11-17)20(23)15-21(24)19(5-2)22-14-7-8-16(22)3;2*1-5-8-11-17(6-2)12-13-18(22)15-20(23)19(7-3)21-14-9-10-16(21)4/h4*17-19H,3-15H2,1-2H3;2*17,19H,4-15H2,1-3H3/t4*17?,18?,19-;17?,19-;17-,19-/m000000/s1. The van der Waals surface area contributed by atoms with Crippen LogP contribution in [0.25, 0.3) is 0 Å². The highest BCUT2D eigenvalue weighted by Gasteiger charge is 2.40. The second kappa shape index (κ2) is 71.0. The molecule has 0 bridgehead atoms. The average molecular weight is 1980 g/mol. The topological polar surface area (TPSA) is 224 Å². The van der Waals surface area contributed by atoms with E-state index in [9.17, 15) is 57.5 Å². The number of hydrogen-bond donors (Lipinski definition) is 0. The van der Waals surface area contributed by atoms with Gasteiger partial charge >= 0.3 is 0 Å². The number of ketones is 12.